The van der Waals surface area contributed by atoms with Crippen LogP contribution in [0.3, 0.4) is 0 Å². The Hall–Kier alpha value is -7.49. The van der Waals surface area contributed by atoms with Crippen LogP contribution in [0.2, 0.25) is 0 Å². The standard InChI is InChI=1S/C63H85N13O11S/c1-8-24-75-59(81)49-40-66-61(71-57(49)76(75)52-12-9-11-51(69-52)63(6,7)83)68-46-18-20-47(21-19-46)73-28-26-72(27-29-73)25-10-13-53(78)64-23-31-85-33-35-87-37-36-86-34-32-84-30-22-54(79)70-56(62(3,4)5)60(82)74-41-48(77)38-50(74)58(80)65-39-44-14-16-45(17-15-44)55-43(2)67-42-88-55/h8-9,11-12,14-21,40,42,48,50,56,77,83H,1,10,13,22-39,41H2,2-7H3,(H,64,78)(H,65,80)(H,70,79)(H,66,68,71). The average molecular weight is 1230 g/mol. The molecule has 0 saturated carbocycles. The van der Waals surface area contributed by atoms with Crippen LogP contribution in [-0.2, 0) is 56.8 Å². The number of piperazine rings is 1. The van der Waals surface area contributed by atoms with Crippen molar-refractivity contribution in [3.63, 3.8) is 0 Å². The Morgan fingerprint density at radius 1 is 0.818 bits per heavy atom. The van der Waals surface area contributed by atoms with Gasteiger partial charge in [-0.1, -0.05) is 57.2 Å². The van der Waals surface area contributed by atoms with Crippen molar-refractivity contribution >= 4 is 63.3 Å². The summed E-state index contributed by atoms with van der Waals surface area (Å²) in [5, 5.41) is 33.5. The molecule has 8 rings (SSSR count). The molecule has 0 spiro atoms. The molecule has 6 aromatic rings. The van der Waals surface area contributed by atoms with Crippen molar-refractivity contribution < 1.29 is 48.3 Å². The van der Waals surface area contributed by atoms with Crippen LogP contribution in [0.1, 0.15) is 77.3 Å². The number of anilines is 3. The number of fused-ring (bicyclic) bond motifs is 1. The lowest BCUT2D eigenvalue weighted by Crippen LogP contribution is -2.57. The number of hydrogen-bond acceptors (Lipinski definition) is 19. The van der Waals surface area contributed by atoms with Crippen LogP contribution in [0.25, 0.3) is 27.3 Å². The molecule has 0 aliphatic carbocycles. The van der Waals surface area contributed by atoms with Crippen LogP contribution < -0.4 is 31.7 Å². The summed E-state index contributed by atoms with van der Waals surface area (Å²) in [6.45, 7) is 22.3. The molecule has 474 valence electrons. The fraction of sp³-hybridized carbons (Fsp3) is 0.508. The van der Waals surface area contributed by atoms with Gasteiger partial charge in [0, 0.05) is 82.6 Å². The third kappa shape index (κ3) is 18.5. The minimum absolute atomic E-state index is 0.00740. The van der Waals surface area contributed by atoms with E-state index in [1.165, 1.54) is 15.8 Å². The number of carbonyl (C=O) groups excluding carboxylic acids is 4. The number of rotatable bonds is 32. The monoisotopic (exact) mass is 1230 g/mol. The van der Waals surface area contributed by atoms with Gasteiger partial charge in [-0.25, -0.2) is 24.3 Å². The van der Waals surface area contributed by atoms with Crippen LogP contribution in [0.5, 0.6) is 0 Å². The van der Waals surface area contributed by atoms with Gasteiger partial charge in [-0.2, -0.15) is 4.98 Å². The van der Waals surface area contributed by atoms with Crippen LogP contribution in [0, 0.1) is 12.3 Å². The number of allylic oxidation sites excluding steroid dienone is 1. The zero-order valence-electron chi connectivity index (χ0n) is 51.4. The largest absolute Gasteiger partial charge is 0.391 e. The SMILES string of the molecule is C=CCn1c(=O)c2cnc(Nc3ccc(N4CCN(CCCC(=O)NCCOCCOCCOCCOCCC(=O)NC(C(=O)N5CC(O)CC5C(=O)NCc5ccc(-c6scnc6C)cc5)C(C)(C)C)CC4)cc3)nc2n1-c1cccc(C(C)(C)O)n1. The number of β-amino-alcohol motifs (C(OH)–C–C–N with tert-alkyl or cyclic N) is 1. The maximum atomic E-state index is 14.0. The van der Waals surface area contributed by atoms with Crippen molar-refractivity contribution in [3.8, 4) is 16.3 Å². The number of aromatic nitrogens is 6. The van der Waals surface area contributed by atoms with E-state index >= 15 is 0 Å². The first-order valence-corrected chi connectivity index (χ1v) is 30.9. The summed E-state index contributed by atoms with van der Waals surface area (Å²) in [6.07, 6.45) is 3.57. The molecule has 2 aliphatic heterocycles. The van der Waals surface area contributed by atoms with Crippen LogP contribution in [-0.4, -0.2) is 190 Å². The summed E-state index contributed by atoms with van der Waals surface area (Å²) in [5.74, 6) is -0.438. The Morgan fingerprint density at radius 2 is 1.50 bits per heavy atom. The number of aliphatic hydroxyl groups is 2. The summed E-state index contributed by atoms with van der Waals surface area (Å²) >= 11 is 1.57. The van der Waals surface area contributed by atoms with Gasteiger partial charge < -0.3 is 60.2 Å². The maximum Gasteiger partial charge on any atom is 0.278 e. The van der Waals surface area contributed by atoms with Crippen molar-refractivity contribution in [1.29, 1.82) is 0 Å². The molecule has 6 N–H and O–H groups in total. The Bertz CT molecular complexity index is 3330. The van der Waals surface area contributed by atoms with Gasteiger partial charge in [-0.3, -0.25) is 28.9 Å². The van der Waals surface area contributed by atoms with Gasteiger partial charge in [0.1, 0.15) is 23.1 Å². The molecule has 6 heterocycles. The van der Waals surface area contributed by atoms with Crippen molar-refractivity contribution in [1.82, 2.24) is 55.0 Å². The Balaban J connectivity index is 0.622. The number of pyridine rings is 1. The van der Waals surface area contributed by atoms with E-state index in [1.54, 1.807) is 54.1 Å². The molecule has 0 bridgehead atoms. The summed E-state index contributed by atoms with van der Waals surface area (Å²) in [5.41, 5.74) is 5.25. The topological polar surface area (TPSA) is 282 Å². The minimum Gasteiger partial charge on any atom is -0.391 e. The molecular weight excluding hydrogens is 1150 g/mol. The summed E-state index contributed by atoms with van der Waals surface area (Å²) in [6, 6.07) is 19.4. The second-order valence-corrected chi connectivity index (χ2v) is 24.3. The van der Waals surface area contributed by atoms with E-state index in [0.29, 0.717) is 81.1 Å². The highest BCUT2D eigenvalue weighted by Gasteiger charge is 2.44. The highest BCUT2D eigenvalue weighted by molar-refractivity contribution is 7.13. The Labute approximate surface area is 517 Å². The molecular formula is C63H85N13O11S. The predicted octanol–water partition coefficient (Wildman–Crippen LogP) is 4.85. The normalized spacial score (nSPS) is 16.0. The molecule has 2 aromatic carbocycles. The van der Waals surface area contributed by atoms with Gasteiger partial charge >= 0.3 is 0 Å². The number of likely N-dealkylation sites (tertiary alicyclic amines) is 1. The molecule has 4 amide bonds. The van der Waals surface area contributed by atoms with Crippen molar-refractivity contribution in [3.05, 3.63) is 118 Å². The van der Waals surface area contributed by atoms with Gasteiger partial charge in [0.05, 0.1) is 87.3 Å². The fourth-order valence-corrected chi connectivity index (χ4v) is 11.2. The number of aryl methyl sites for hydroxylation is 1. The van der Waals surface area contributed by atoms with Gasteiger partial charge in [-0.15, -0.1) is 17.9 Å². The zero-order chi connectivity index (χ0) is 62.8. The van der Waals surface area contributed by atoms with Crippen molar-refractivity contribution in [2.45, 2.75) is 104 Å². The predicted molar refractivity (Wildman–Crippen MR) is 337 cm³/mol. The second-order valence-electron chi connectivity index (χ2n) is 23.5. The van der Waals surface area contributed by atoms with E-state index in [-0.39, 0.29) is 69.0 Å². The van der Waals surface area contributed by atoms with Crippen molar-refractivity contribution in [2.24, 2.45) is 5.41 Å². The van der Waals surface area contributed by atoms with E-state index in [2.05, 4.69) is 64.7 Å². The first kappa shape index (κ1) is 66.5. The molecule has 2 saturated heterocycles. The smallest absolute Gasteiger partial charge is 0.278 e. The van der Waals surface area contributed by atoms with Crippen LogP contribution in [0.15, 0.2) is 95.9 Å². The van der Waals surface area contributed by atoms with E-state index < -0.39 is 35.1 Å². The number of aliphatic hydroxyl groups excluding tert-OH is 1. The van der Waals surface area contributed by atoms with E-state index in [9.17, 15) is 34.2 Å². The molecule has 24 nitrogen and oxygen atoms in total. The molecule has 2 fully saturated rings. The number of ether oxygens (including phenoxy) is 4. The number of thiazole rings is 1. The molecule has 3 unspecified atom stereocenters. The van der Waals surface area contributed by atoms with E-state index in [4.69, 9.17) is 23.9 Å². The number of hydrogen-bond donors (Lipinski definition) is 6. The average Bonchev–Trinajstić information content (AvgIpc) is 1.91. The molecule has 4 aromatic heterocycles. The van der Waals surface area contributed by atoms with Crippen molar-refractivity contribution in [2.75, 3.05) is 109 Å². The minimum atomic E-state index is -1.19. The second kappa shape index (κ2) is 31.6. The van der Waals surface area contributed by atoms with E-state index in [0.717, 1.165) is 72.2 Å². The molecule has 3 atom stereocenters. The fourth-order valence-electron chi connectivity index (χ4n) is 10.4. The number of nitrogens with zero attached hydrogens (tertiary/aromatic N) is 9. The maximum absolute atomic E-state index is 14.0. The summed E-state index contributed by atoms with van der Waals surface area (Å²) in [4.78, 5) is 91.8. The van der Waals surface area contributed by atoms with Crippen LogP contribution >= 0.6 is 11.3 Å². The number of nitrogens with one attached hydrogen (secondary N) is 4. The molecule has 88 heavy (non-hydrogen) atoms. The summed E-state index contributed by atoms with van der Waals surface area (Å²) in [7, 11) is 0. The number of carbonyl (C=O) groups is 4. The van der Waals surface area contributed by atoms with E-state index in [1.807, 2.05) is 69.6 Å². The first-order valence-electron chi connectivity index (χ1n) is 30.0. The Morgan fingerprint density at radius 3 is 2.15 bits per heavy atom. The van der Waals surface area contributed by atoms with Gasteiger partial charge in [0.2, 0.25) is 29.6 Å². The number of amides is 4. The number of benzene rings is 2. The highest BCUT2D eigenvalue weighted by atomic mass is 32.1. The quantitative estimate of drug-likeness (QED) is 0.0243. The zero-order valence-corrected chi connectivity index (χ0v) is 52.2. The Kier molecular flexibility index (Phi) is 23.9. The summed E-state index contributed by atoms with van der Waals surface area (Å²) < 4.78 is 25.5. The van der Waals surface area contributed by atoms with Gasteiger partial charge in [-0.05, 0) is 86.7 Å². The van der Waals surface area contributed by atoms with Gasteiger partial charge in [0.25, 0.3) is 5.56 Å². The lowest BCUT2D eigenvalue weighted by molar-refractivity contribution is -0.144. The van der Waals surface area contributed by atoms with Crippen LogP contribution in [0.4, 0.5) is 17.3 Å². The third-order valence-corrected chi connectivity index (χ3v) is 16.1. The third-order valence-electron chi connectivity index (χ3n) is 15.2. The molecule has 0 radical (unpaired) electrons. The lowest BCUT2D eigenvalue weighted by Gasteiger charge is -2.36. The van der Waals surface area contributed by atoms with Gasteiger partial charge in [0.15, 0.2) is 11.5 Å². The lowest BCUT2D eigenvalue weighted by atomic mass is 9.85. The molecule has 2 aliphatic rings. The first-order chi connectivity index (χ1) is 42.3. The highest BCUT2D eigenvalue weighted by Crippen LogP contribution is 2.30. The molecule has 25 heteroatoms.